The number of methoxy groups -OCH3 is 1. The molecular weight excluding hydrogens is 354 g/mol. The fourth-order valence-electron chi connectivity index (χ4n) is 1.73. The maximum absolute atomic E-state index is 13.9. The van der Waals surface area contributed by atoms with Crippen molar-refractivity contribution in [2.75, 3.05) is 7.11 Å². The van der Waals surface area contributed by atoms with E-state index in [0.717, 1.165) is 18.2 Å². The number of benzene rings is 2. The predicted octanol–water partition coefficient (Wildman–Crippen LogP) is 4.62. The standard InChI is InChI=1S/C14H8BrClF2O2/c1-20-12-4-2-3-10(17)13(12)14(19)7-5-9(16)8(15)6-11(7)18/h2-6H,1H3. The van der Waals surface area contributed by atoms with Crippen molar-refractivity contribution < 1.29 is 18.3 Å². The van der Waals surface area contributed by atoms with Gasteiger partial charge >= 0.3 is 0 Å². The van der Waals surface area contributed by atoms with Crippen molar-refractivity contribution in [1.29, 1.82) is 0 Å². The number of hydrogen-bond donors (Lipinski definition) is 0. The van der Waals surface area contributed by atoms with Gasteiger partial charge in [-0.1, -0.05) is 17.7 Å². The van der Waals surface area contributed by atoms with Crippen LogP contribution in [0.15, 0.2) is 34.8 Å². The highest BCUT2D eigenvalue weighted by Gasteiger charge is 2.23. The third kappa shape index (κ3) is 2.69. The molecular formula is C14H8BrClF2O2. The average molecular weight is 362 g/mol. The zero-order chi connectivity index (χ0) is 14.9. The predicted molar refractivity (Wildman–Crippen MR) is 75.5 cm³/mol. The smallest absolute Gasteiger partial charge is 0.202 e. The van der Waals surface area contributed by atoms with E-state index in [4.69, 9.17) is 16.3 Å². The van der Waals surface area contributed by atoms with Crippen molar-refractivity contribution in [3.63, 3.8) is 0 Å². The first-order valence-corrected chi connectivity index (χ1v) is 6.64. The van der Waals surface area contributed by atoms with E-state index in [1.807, 2.05) is 0 Å². The molecule has 0 saturated heterocycles. The van der Waals surface area contributed by atoms with Gasteiger partial charge in [0.05, 0.1) is 17.7 Å². The van der Waals surface area contributed by atoms with Crippen LogP contribution < -0.4 is 4.74 Å². The van der Waals surface area contributed by atoms with E-state index in [0.29, 0.717) is 4.47 Å². The fraction of sp³-hybridized carbons (Fsp3) is 0.0714. The first-order chi connectivity index (χ1) is 9.45. The van der Waals surface area contributed by atoms with Crippen molar-refractivity contribution in [2.24, 2.45) is 0 Å². The van der Waals surface area contributed by atoms with Crippen molar-refractivity contribution in [3.8, 4) is 5.75 Å². The molecule has 0 radical (unpaired) electrons. The number of ether oxygens (including phenoxy) is 1. The van der Waals surface area contributed by atoms with Crippen LogP contribution in [0, 0.1) is 11.6 Å². The molecule has 0 aliphatic carbocycles. The fourth-order valence-corrected chi connectivity index (χ4v) is 2.21. The van der Waals surface area contributed by atoms with Crippen LogP contribution in [0.25, 0.3) is 0 Å². The number of rotatable bonds is 3. The SMILES string of the molecule is COc1cccc(F)c1C(=O)c1cc(Cl)c(Br)cc1F. The minimum Gasteiger partial charge on any atom is -0.496 e. The number of halogens is 4. The first-order valence-electron chi connectivity index (χ1n) is 5.47. The van der Waals surface area contributed by atoms with Gasteiger partial charge in [0.15, 0.2) is 0 Å². The highest BCUT2D eigenvalue weighted by atomic mass is 79.9. The van der Waals surface area contributed by atoms with E-state index in [9.17, 15) is 13.6 Å². The number of ketones is 1. The molecule has 0 aliphatic heterocycles. The zero-order valence-electron chi connectivity index (χ0n) is 10.2. The second-order valence-electron chi connectivity index (χ2n) is 3.89. The summed E-state index contributed by atoms with van der Waals surface area (Å²) in [6.45, 7) is 0. The maximum atomic E-state index is 13.9. The molecule has 0 atom stereocenters. The van der Waals surface area contributed by atoms with E-state index in [1.54, 1.807) is 0 Å². The minimum atomic E-state index is -0.827. The van der Waals surface area contributed by atoms with E-state index in [1.165, 1.54) is 19.2 Å². The molecule has 0 amide bonds. The Morgan fingerprint density at radius 1 is 1.25 bits per heavy atom. The molecule has 2 aromatic rings. The maximum Gasteiger partial charge on any atom is 0.202 e. The normalized spacial score (nSPS) is 10.4. The van der Waals surface area contributed by atoms with E-state index in [2.05, 4.69) is 15.9 Å². The van der Waals surface area contributed by atoms with Crippen LogP contribution in [0.5, 0.6) is 5.75 Å². The Labute approximate surface area is 127 Å². The molecule has 0 unspecified atom stereocenters. The Morgan fingerprint density at radius 3 is 2.60 bits per heavy atom. The van der Waals surface area contributed by atoms with Crippen LogP contribution >= 0.6 is 27.5 Å². The summed E-state index contributed by atoms with van der Waals surface area (Å²) in [5.74, 6) is -2.37. The van der Waals surface area contributed by atoms with E-state index < -0.39 is 17.4 Å². The van der Waals surface area contributed by atoms with E-state index >= 15 is 0 Å². The van der Waals surface area contributed by atoms with Crippen LogP contribution in [0.4, 0.5) is 8.78 Å². The highest BCUT2D eigenvalue weighted by Crippen LogP contribution is 2.30. The second kappa shape index (κ2) is 5.89. The van der Waals surface area contributed by atoms with Crippen LogP contribution in [0.2, 0.25) is 5.02 Å². The second-order valence-corrected chi connectivity index (χ2v) is 5.15. The van der Waals surface area contributed by atoms with Gasteiger partial charge < -0.3 is 4.74 Å². The Hall–Kier alpha value is -1.46. The van der Waals surface area contributed by atoms with E-state index in [-0.39, 0.29) is 21.9 Å². The zero-order valence-corrected chi connectivity index (χ0v) is 12.6. The van der Waals surface area contributed by atoms with Gasteiger partial charge in [-0.2, -0.15) is 0 Å². The Bertz CT molecular complexity index is 689. The lowest BCUT2D eigenvalue weighted by Gasteiger charge is -2.10. The monoisotopic (exact) mass is 360 g/mol. The lowest BCUT2D eigenvalue weighted by molar-refractivity contribution is 0.102. The Balaban J connectivity index is 2.61. The van der Waals surface area contributed by atoms with Crippen molar-refractivity contribution in [1.82, 2.24) is 0 Å². The summed E-state index contributed by atoms with van der Waals surface area (Å²) in [5.41, 5.74) is -0.645. The molecule has 0 N–H and O–H groups in total. The summed E-state index contributed by atoms with van der Waals surface area (Å²) in [5, 5.41) is 0.157. The molecule has 6 heteroatoms. The largest absolute Gasteiger partial charge is 0.496 e. The lowest BCUT2D eigenvalue weighted by atomic mass is 10.0. The van der Waals surface area contributed by atoms with Gasteiger partial charge in [0.2, 0.25) is 5.78 Å². The quantitative estimate of drug-likeness (QED) is 0.589. The first kappa shape index (κ1) is 14.9. The lowest BCUT2D eigenvalue weighted by Crippen LogP contribution is -2.09. The minimum absolute atomic E-state index is 0.0356. The molecule has 0 bridgehead atoms. The van der Waals surface area contributed by atoms with Crippen molar-refractivity contribution in [2.45, 2.75) is 0 Å². The Kier molecular flexibility index (Phi) is 4.40. The molecule has 2 rings (SSSR count). The highest BCUT2D eigenvalue weighted by molar-refractivity contribution is 9.10. The molecule has 0 aliphatic rings. The van der Waals surface area contributed by atoms with Crippen LogP contribution in [-0.2, 0) is 0 Å². The number of hydrogen-bond acceptors (Lipinski definition) is 2. The molecule has 20 heavy (non-hydrogen) atoms. The summed E-state index contributed by atoms with van der Waals surface area (Å²) in [6.07, 6.45) is 0. The van der Waals surface area contributed by atoms with Gasteiger partial charge in [0.1, 0.15) is 22.9 Å². The molecule has 2 nitrogen and oxygen atoms in total. The molecule has 2 aromatic carbocycles. The molecule has 0 saturated carbocycles. The van der Waals surface area contributed by atoms with Gasteiger partial charge in [-0.3, -0.25) is 4.79 Å². The molecule has 0 spiro atoms. The number of carbonyl (C=O) groups is 1. The Morgan fingerprint density at radius 2 is 1.95 bits per heavy atom. The van der Waals surface area contributed by atoms with Gasteiger partial charge in [-0.25, -0.2) is 8.78 Å². The average Bonchev–Trinajstić information content (AvgIpc) is 2.41. The van der Waals surface area contributed by atoms with Crippen molar-refractivity contribution in [3.05, 3.63) is 62.6 Å². The van der Waals surface area contributed by atoms with Gasteiger partial charge in [0.25, 0.3) is 0 Å². The van der Waals surface area contributed by atoms with Crippen molar-refractivity contribution >= 4 is 33.3 Å². The third-order valence-corrected chi connectivity index (χ3v) is 3.87. The molecule has 0 heterocycles. The summed E-state index contributed by atoms with van der Waals surface area (Å²) in [7, 11) is 1.30. The van der Waals surface area contributed by atoms with Crippen LogP contribution in [0.1, 0.15) is 15.9 Å². The van der Waals surface area contributed by atoms with Gasteiger partial charge in [-0.05, 0) is 40.2 Å². The summed E-state index contributed by atoms with van der Waals surface area (Å²) in [4.78, 5) is 12.3. The molecule has 0 fully saturated rings. The van der Waals surface area contributed by atoms with Gasteiger partial charge in [0, 0.05) is 4.47 Å². The number of carbonyl (C=O) groups excluding carboxylic acids is 1. The summed E-state index contributed by atoms with van der Waals surface area (Å²) >= 11 is 8.89. The topological polar surface area (TPSA) is 26.3 Å². The third-order valence-electron chi connectivity index (χ3n) is 2.68. The summed E-state index contributed by atoms with van der Waals surface area (Å²) < 4.78 is 32.9. The van der Waals surface area contributed by atoms with Crippen LogP contribution in [0.3, 0.4) is 0 Å². The van der Waals surface area contributed by atoms with Crippen LogP contribution in [-0.4, -0.2) is 12.9 Å². The molecule has 0 aromatic heterocycles. The molecule has 104 valence electrons. The van der Waals surface area contributed by atoms with Gasteiger partial charge in [-0.15, -0.1) is 0 Å². The summed E-state index contributed by atoms with van der Waals surface area (Å²) in [6, 6.07) is 6.14.